The minimum atomic E-state index is -4.43. The zero-order valence-electron chi connectivity index (χ0n) is 21.7. The number of aromatic nitrogens is 3. The van der Waals surface area contributed by atoms with Crippen LogP contribution in [-0.4, -0.2) is 54.5 Å². The molecule has 2 aromatic heterocycles. The summed E-state index contributed by atoms with van der Waals surface area (Å²) in [6.45, 7) is 10.1. The topological polar surface area (TPSA) is 94.5 Å². The number of benzene rings is 1. The lowest BCUT2D eigenvalue weighted by Crippen LogP contribution is -2.46. The van der Waals surface area contributed by atoms with E-state index in [2.05, 4.69) is 43.6 Å². The van der Waals surface area contributed by atoms with Gasteiger partial charge in [-0.3, -0.25) is 4.90 Å². The van der Waals surface area contributed by atoms with Crippen molar-refractivity contribution in [2.45, 2.75) is 58.0 Å². The van der Waals surface area contributed by atoms with E-state index in [1.165, 1.54) is 6.20 Å². The van der Waals surface area contributed by atoms with Gasteiger partial charge in [-0.15, -0.1) is 0 Å². The first-order valence-electron chi connectivity index (χ1n) is 12.7. The number of aromatic carboxylic acids is 1. The number of likely N-dealkylation sites (tertiary alicyclic amines) is 1. The number of rotatable bonds is 6. The average Bonchev–Trinajstić information content (AvgIpc) is 3.31. The van der Waals surface area contributed by atoms with Gasteiger partial charge in [-0.2, -0.15) is 13.2 Å². The molecule has 8 nitrogen and oxygen atoms in total. The summed E-state index contributed by atoms with van der Waals surface area (Å²) in [6.07, 6.45) is 0.596. The minimum Gasteiger partial charge on any atom is -0.477 e. The van der Waals surface area contributed by atoms with Crippen LogP contribution in [0.5, 0.6) is 0 Å². The van der Waals surface area contributed by atoms with E-state index in [0.717, 1.165) is 54.0 Å². The number of carboxylic acid groups (broad SMARTS) is 1. The zero-order valence-corrected chi connectivity index (χ0v) is 21.7. The Bertz CT molecular complexity index is 1430. The van der Waals surface area contributed by atoms with Crippen LogP contribution in [0.4, 0.5) is 24.8 Å². The highest BCUT2D eigenvalue weighted by Gasteiger charge is 2.34. The maximum Gasteiger partial charge on any atom is 0.416 e. The average molecular weight is 539 g/mol. The number of hydrogen-bond acceptors (Lipinski definition) is 7. The molecule has 3 aromatic rings. The number of aryl methyl sites for hydroxylation is 1. The van der Waals surface area contributed by atoms with Crippen LogP contribution in [0.3, 0.4) is 0 Å². The Balaban J connectivity index is 1.23. The molecule has 2 atom stereocenters. The number of fused-ring (bicyclic) bond motifs is 1. The molecule has 11 heteroatoms. The van der Waals surface area contributed by atoms with Gasteiger partial charge in [0, 0.05) is 66.6 Å². The van der Waals surface area contributed by atoms with E-state index in [9.17, 15) is 23.1 Å². The molecule has 2 aliphatic heterocycles. The fraction of sp³-hybridized carbons (Fsp3) is 0.357. The molecule has 39 heavy (non-hydrogen) atoms. The number of carboxylic acids is 1. The van der Waals surface area contributed by atoms with E-state index in [4.69, 9.17) is 0 Å². The monoisotopic (exact) mass is 538 g/mol. The van der Waals surface area contributed by atoms with E-state index in [1.807, 2.05) is 0 Å². The number of pyridine rings is 1. The van der Waals surface area contributed by atoms with Crippen molar-refractivity contribution in [3.05, 3.63) is 82.9 Å². The van der Waals surface area contributed by atoms with Crippen LogP contribution in [0.25, 0.3) is 5.70 Å². The van der Waals surface area contributed by atoms with Crippen molar-refractivity contribution in [3.63, 3.8) is 0 Å². The Morgan fingerprint density at radius 1 is 1.18 bits per heavy atom. The number of nitrogens with one attached hydrogen (secondary N) is 1. The SMILES string of the molecule is C=C(c1ccnc(C(=O)O)c1)N1CC[C@@H](N2Cc3cnc(Nc4cc(C)cc(C(F)(F)F)c4)nc3C2)C[C@H]1C. The zero-order chi connectivity index (χ0) is 27.9. The van der Waals surface area contributed by atoms with Gasteiger partial charge in [-0.05, 0) is 62.6 Å². The lowest BCUT2D eigenvalue weighted by molar-refractivity contribution is -0.137. The summed E-state index contributed by atoms with van der Waals surface area (Å²) in [5.41, 5.74) is 3.47. The minimum absolute atomic E-state index is 0.0100. The highest BCUT2D eigenvalue weighted by Crippen LogP contribution is 2.34. The van der Waals surface area contributed by atoms with Crippen LogP contribution in [0.1, 0.15) is 58.2 Å². The quantitative estimate of drug-likeness (QED) is 0.426. The molecule has 0 radical (unpaired) electrons. The molecule has 1 fully saturated rings. The molecular weight excluding hydrogens is 509 g/mol. The standard InChI is InChI=1S/C28H29F3N6O2/c1-16-8-21(28(29,30)31)12-22(9-16)34-27-33-13-20-14-36(15-25(20)35-27)23-5-7-37(17(2)10-23)18(3)19-4-6-32-24(11-19)26(38)39/h4,6,8-9,11-13,17,23H,3,5,7,10,14-15H2,1-2H3,(H,38,39)(H,33,34,35)/t17-,23-/m1/s1. The number of anilines is 2. The lowest BCUT2D eigenvalue weighted by atomic mass is 9.95. The van der Waals surface area contributed by atoms with Crippen LogP contribution < -0.4 is 5.32 Å². The van der Waals surface area contributed by atoms with Gasteiger partial charge in [-0.1, -0.05) is 6.58 Å². The van der Waals surface area contributed by atoms with Crippen LogP contribution >= 0.6 is 0 Å². The second kappa shape index (κ2) is 10.3. The van der Waals surface area contributed by atoms with Crippen molar-refractivity contribution in [1.82, 2.24) is 24.8 Å². The summed E-state index contributed by atoms with van der Waals surface area (Å²) in [6, 6.07) is 7.63. The number of halogens is 3. The summed E-state index contributed by atoms with van der Waals surface area (Å²) >= 11 is 0. The number of nitrogens with zero attached hydrogens (tertiary/aromatic N) is 5. The van der Waals surface area contributed by atoms with Gasteiger partial charge in [0.1, 0.15) is 5.69 Å². The first kappa shape index (κ1) is 26.6. The first-order chi connectivity index (χ1) is 18.5. The lowest BCUT2D eigenvalue weighted by Gasteiger charge is -2.43. The molecule has 2 aliphatic rings. The third-order valence-corrected chi connectivity index (χ3v) is 7.37. The smallest absolute Gasteiger partial charge is 0.416 e. The second-order valence-electron chi connectivity index (χ2n) is 10.2. The molecule has 4 heterocycles. The fourth-order valence-electron chi connectivity index (χ4n) is 5.42. The highest BCUT2D eigenvalue weighted by molar-refractivity contribution is 5.86. The summed E-state index contributed by atoms with van der Waals surface area (Å²) in [7, 11) is 0. The van der Waals surface area contributed by atoms with Gasteiger partial charge in [0.05, 0.1) is 11.3 Å². The Hall–Kier alpha value is -3.99. The van der Waals surface area contributed by atoms with E-state index < -0.39 is 17.7 Å². The van der Waals surface area contributed by atoms with Crippen molar-refractivity contribution >= 4 is 23.3 Å². The summed E-state index contributed by atoms with van der Waals surface area (Å²) in [4.78, 5) is 28.7. The summed E-state index contributed by atoms with van der Waals surface area (Å²) in [5, 5.41) is 12.2. The van der Waals surface area contributed by atoms with Crippen molar-refractivity contribution in [2.75, 3.05) is 11.9 Å². The van der Waals surface area contributed by atoms with E-state index in [0.29, 0.717) is 30.4 Å². The third-order valence-electron chi connectivity index (χ3n) is 7.37. The fourth-order valence-corrected chi connectivity index (χ4v) is 5.42. The summed E-state index contributed by atoms with van der Waals surface area (Å²) < 4.78 is 39.7. The van der Waals surface area contributed by atoms with Gasteiger partial charge < -0.3 is 15.3 Å². The van der Waals surface area contributed by atoms with Gasteiger partial charge in [0.15, 0.2) is 0 Å². The predicted molar refractivity (Wildman–Crippen MR) is 140 cm³/mol. The van der Waals surface area contributed by atoms with E-state index >= 15 is 0 Å². The van der Waals surface area contributed by atoms with E-state index in [-0.39, 0.29) is 17.7 Å². The largest absolute Gasteiger partial charge is 0.477 e. The van der Waals surface area contributed by atoms with Crippen molar-refractivity contribution in [2.24, 2.45) is 0 Å². The van der Waals surface area contributed by atoms with Crippen LogP contribution in [0, 0.1) is 6.92 Å². The number of piperidine rings is 1. The molecule has 1 saturated heterocycles. The number of hydrogen-bond donors (Lipinski definition) is 2. The Labute approximate surface area is 224 Å². The molecule has 0 spiro atoms. The van der Waals surface area contributed by atoms with Gasteiger partial charge in [0.2, 0.25) is 5.95 Å². The number of alkyl halides is 3. The molecule has 0 bridgehead atoms. The maximum atomic E-state index is 13.2. The third kappa shape index (κ3) is 5.73. The van der Waals surface area contributed by atoms with Gasteiger partial charge >= 0.3 is 12.1 Å². The Kier molecular flexibility index (Phi) is 7.02. The Morgan fingerprint density at radius 3 is 2.69 bits per heavy atom. The van der Waals surface area contributed by atoms with Crippen molar-refractivity contribution in [3.8, 4) is 0 Å². The summed E-state index contributed by atoms with van der Waals surface area (Å²) in [5.74, 6) is -0.803. The molecule has 5 rings (SSSR count). The molecule has 0 aliphatic carbocycles. The van der Waals surface area contributed by atoms with Crippen molar-refractivity contribution in [1.29, 1.82) is 0 Å². The molecule has 2 N–H and O–H groups in total. The molecule has 0 saturated carbocycles. The van der Waals surface area contributed by atoms with Crippen LogP contribution in [0.15, 0.2) is 49.3 Å². The van der Waals surface area contributed by atoms with Crippen LogP contribution in [0.2, 0.25) is 0 Å². The maximum absolute atomic E-state index is 13.2. The molecule has 1 aromatic carbocycles. The first-order valence-corrected chi connectivity index (χ1v) is 12.7. The normalized spacial score (nSPS) is 19.6. The van der Waals surface area contributed by atoms with Gasteiger partial charge in [0.25, 0.3) is 0 Å². The van der Waals surface area contributed by atoms with Crippen molar-refractivity contribution < 1.29 is 23.1 Å². The molecular formula is C28H29F3N6O2. The predicted octanol–water partition coefficient (Wildman–Crippen LogP) is 5.48. The Morgan fingerprint density at radius 2 is 1.97 bits per heavy atom. The number of carbonyl (C=O) groups is 1. The van der Waals surface area contributed by atoms with Gasteiger partial charge in [-0.25, -0.2) is 19.7 Å². The molecule has 0 unspecified atom stereocenters. The van der Waals surface area contributed by atoms with E-state index in [1.54, 1.807) is 31.3 Å². The van der Waals surface area contributed by atoms with Crippen LogP contribution in [-0.2, 0) is 19.3 Å². The molecule has 0 amide bonds. The molecule has 204 valence electrons. The second-order valence-corrected chi connectivity index (χ2v) is 10.2. The highest BCUT2D eigenvalue weighted by atomic mass is 19.4.